The number of hydrogen-bond donors (Lipinski definition) is 0. The van der Waals surface area contributed by atoms with Crippen molar-refractivity contribution in [3.8, 4) is 5.88 Å². The van der Waals surface area contributed by atoms with E-state index in [-0.39, 0.29) is 17.0 Å². The summed E-state index contributed by atoms with van der Waals surface area (Å²) in [7, 11) is 0. The van der Waals surface area contributed by atoms with Gasteiger partial charge in [0.2, 0.25) is 5.88 Å². The van der Waals surface area contributed by atoms with Crippen LogP contribution in [-0.4, -0.2) is 40.0 Å². The first kappa shape index (κ1) is 15.7. The maximum absolute atomic E-state index is 13.1. The number of piperidine rings is 1. The maximum Gasteiger partial charge on any atom is 0.255 e. The molecule has 3 rings (SSSR count). The number of ether oxygens (including phenoxy) is 1. The Balaban J connectivity index is 1.59. The Bertz CT molecular complexity index is 691. The minimum atomic E-state index is -0.455. The lowest BCUT2D eigenvalue weighted by Gasteiger charge is -2.32. The molecule has 1 amide bonds. The Morgan fingerprint density at radius 3 is 2.74 bits per heavy atom. The first-order valence-electron chi connectivity index (χ1n) is 7.30. The molecule has 1 fully saturated rings. The number of carbonyl (C=O) groups is 1. The van der Waals surface area contributed by atoms with Crippen LogP contribution in [0.5, 0.6) is 5.88 Å². The van der Waals surface area contributed by atoms with Crippen LogP contribution in [0, 0.1) is 5.82 Å². The molecule has 0 N–H and O–H groups in total. The highest BCUT2D eigenvalue weighted by Crippen LogP contribution is 2.22. The van der Waals surface area contributed by atoms with Crippen molar-refractivity contribution in [3.63, 3.8) is 0 Å². The highest BCUT2D eigenvalue weighted by Gasteiger charge is 2.26. The van der Waals surface area contributed by atoms with Crippen LogP contribution in [0.25, 0.3) is 0 Å². The van der Waals surface area contributed by atoms with E-state index in [9.17, 15) is 9.18 Å². The van der Waals surface area contributed by atoms with Crippen molar-refractivity contribution >= 4 is 17.5 Å². The number of rotatable bonds is 3. The highest BCUT2D eigenvalue weighted by atomic mass is 35.5. The summed E-state index contributed by atoms with van der Waals surface area (Å²) in [6.45, 7) is 1.12. The van der Waals surface area contributed by atoms with Crippen LogP contribution in [0.4, 0.5) is 4.39 Å². The molecule has 1 aromatic carbocycles. The Hall–Kier alpha value is -2.21. The molecule has 5 nitrogen and oxygen atoms in total. The van der Waals surface area contributed by atoms with Gasteiger partial charge in [-0.1, -0.05) is 11.6 Å². The van der Waals surface area contributed by atoms with E-state index in [0.717, 1.165) is 6.07 Å². The van der Waals surface area contributed by atoms with Gasteiger partial charge in [-0.05, 0) is 18.2 Å². The summed E-state index contributed by atoms with van der Waals surface area (Å²) in [6, 6.07) is 5.52. The third-order valence-corrected chi connectivity index (χ3v) is 4.05. The second-order valence-corrected chi connectivity index (χ2v) is 5.69. The van der Waals surface area contributed by atoms with E-state index in [2.05, 4.69) is 9.97 Å². The molecule has 23 heavy (non-hydrogen) atoms. The maximum atomic E-state index is 13.1. The molecule has 120 valence electrons. The number of benzene rings is 1. The van der Waals surface area contributed by atoms with Gasteiger partial charge >= 0.3 is 0 Å². The molecule has 0 spiro atoms. The largest absolute Gasteiger partial charge is 0.474 e. The molecule has 0 unspecified atom stereocenters. The SMILES string of the molecule is O=C(c1ccc(F)cc1Cl)N1CCC(Oc2ccncn2)CC1. The van der Waals surface area contributed by atoms with E-state index in [4.69, 9.17) is 16.3 Å². The van der Waals surface area contributed by atoms with Gasteiger partial charge in [-0.25, -0.2) is 14.4 Å². The van der Waals surface area contributed by atoms with E-state index in [0.29, 0.717) is 37.4 Å². The summed E-state index contributed by atoms with van der Waals surface area (Å²) in [5.74, 6) is -0.106. The minimum absolute atomic E-state index is 0.0117. The van der Waals surface area contributed by atoms with E-state index in [1.165, 1.54) is 18.5 Å². The van der Waals surface area contributed by atoms with E-state index >= 15 is 0 Å². The van der Waals surface area contributed by atoms with E-state index in [1.54, 1.807) is 17.2 Å². The molecule has 1 aliphatic heterocycles. The molecule has 0 bridgehead atoms. The Morgan fingerprint density at radius 2 is 2.09 bits per heavy atom. The number of likely N-dealkylation sites (tertiary alicyclic amines) is 1. The number of carbonyl (C=O) groups excluding carboxylic acids is 1. The van der Waals surface area contributed by atoms with Crippen LogP contribution in [-0.2, 0) is 0 Å². The zero-order chi connectivity index (χ0) is 16.2. The second kappa shape index (κ2) is 6.91. The lowest BCUT2D eigenvalue weighted by Crippen LogP contribution is -2.42. The average molecular weight is 336 g/mol. The quantitative estimate of drug-likeness (QED) is 0.865. The molecule has 0 saturated carbocycles. The number of hydrogen-bond acceptors (Lipinski definition) is 4. The van der Waals surface area contributed by atoms with Gasteiger partial charge in [0, 0.05) is 38.2 Å². The van der Waals surface area contributed by atoms with Crippen LogP contribution < -0.4 is 4.74 Å². The number of aromatic nitrogens is 2. The van der Waals surface area contributed by atoms with Crippen molar-refractivity contribution in [1.29, 1.82) is 0 Å². The number of amides is 1. The van der Waals surface area contributed by atoms with E-state index < -0.39 is 5.82 Å². The summed E-state index contributed by atoms with van der Waals surface area (Å²) in [6.07, 6.45) is 4.48. The van der Waals surface area contributed by atoms with E-state index in [1.807, 2.05) is 0 Å². The van der Waals surface area contributed by atoms with Gasteiger partial charge < -0.3 is 9.64 Å². The summed E-state index contributed by atoms with van der Waals surface area (Å²) < 4.78 is 18.8. The molecule has 2 heterocycles. The normalized spacial score (nSPS) is 15.5. The van der Waals surface area contributed by atoms with Gasteiger partial charge in [0.05, 0.1) is 10.6 Å². The molecule has 1 saturated heterocycles. The van der Waals surface area contributed by atoms with Crippen LogP contribution in [0.15, 0.2) is 36.8 Å². The van der Waals surface area contributed by atoms with Crippen molar-refractivity contribution < 1.29 is 13.9 Å². The van der Waals surface area contributed by atoms with Crippen molar-refractivity contribution in [2.45, 2.75) is 18.9 Å². The Kier molecular flexibility index (Phi) is 4.71. The monoisotopic (exact) mass is 335 g/mol. The fourth-order valence-electron chi connectivity index (χ4n) is 2.53. The molecule has 0 aliphatic carbocycles. The second-order valence-electron chi connectivity index (χ2n) is 5.28. The first-order chi connectivity index (χ1) is 11.1. The van der Waals surface area contributed by atoms with Gasteiger partial charge in [0.1, 0.15) is 18.2 Å². The first-order valence-corrected chi connectivity index (χ1v) is 7.68. The molecule has 1 aliphatic rings. The lowest BCUT2D eigenvalue weighted by molar-refractivity contribution is 0.0588. The average Bonchev–Trinajstić information content (AvgIpc) is 2.56. The van der Waals surface area contributed by atoms with Gasteiger partial charge in [0.25, 0.3) is 5.91 Å². The topological polar surface area (TPSA) is 55.3 Å². The predicted octanol–water partition coefficient (Wildman–Crippen LogP) is 2.95. The van der Waals surface area contributed by atoms with Crippen LogP contribution >= 0.6 is 11.6 Å². The van der Waals surface area contributed by atoms with Gasteiger partial charge in [-0.15, -0.1) is 0 Å². The summed E-state index contributed by atoms with van der Waals surface area (Å²) in [5, 5.41) is 0.134. The lowest BCUT2D eigenvalue weighted by atomic mass is 10.1. The molecule has 0 radical (unpaired) electrons. The molecule has 0 atom stereocenters. The third kappa shape index (κ3) is 3.76. The summed E-state index contributed by atoms with van der Waals surface area (Å²) >= 11 is 5.95. The van der Waals surface area contributed by atoms with Gasteiger partial charge in [-0.3, -0.25) is 4.79 Å². The van der Waals surface area contributed by atoms with Crippen LogP contribution in [0.2, 0.25) is 5.02 Å². The van der Waals surface area contributed by atoms with Crippen molar-refractivity contribution in [2.75, 3.05) is 13.1 Å². The van der Waals surface area contributed by atoms with Crippen molar-refractivity contribution in [2.24, 2.45) is 0 Å². The zero-order valence-corrected chi connectivity index (χ0v) is 13.0. The number of nitrogens with zero attached hydrogens (tertiary/aromatic N) is 3. The van der Waals surface area contributed by atoms with Gasteiger partial charge in [-0.2, -0.15) is 0 Å². The van der Waals surface area contributed by atoms with Crippen LogP contribution in [0.3, 0.4) is 0 Å². The molecule has 1 aromatic heterocycles. The molecular weight excluding hydrogens is 321 g/mol. The number of halogens is 2. The molecule has 2 aromatic rings. The Labute approximate surface area is 138 Å². The molecule has 7 heteroatoms. The highest BCUT2D eigenvalue weighted by molar-refractivity contribution is 6.33. The zero-order valence-electron chi connectivity index (χ0n) is 12.3. The fourth-order valence-corrected chi connectivity index (χ4v) is 2.78. The summed E-state index contributed by atoms with van der Waals surface area (Å²) in [5.41, 5.74) is 0.322. The summed E-state index contributed by atoms with van der Waals surface area (Å²) in [4.78, 5) is 22.0. The van der Waals surface area contributed by atoms with Crippen LogP contribution in [0.1, 0.15) is 23.2 Å². The molecular formula is C16H15ClFN3O2. The fraction of sp³-hybridized carbons (Fsp3) is 0.312. The third-order valence-electron chi connectivity index (χ3n) is 3.73. The Morgan fingerprint density at radius 1 is 1.30 bits per heavy atom. The van der Waals surface area contributed by atoms with Crippen molar-refractivity contribution in [1.82, 2.24) is 14.9 Å². The van der Waals surface area contributed by atoms with Crippen molar-refractivity contribution in [3.05, 3.63) is 53.2 Å². The smallest absolute Gasteiger partial charge is 0.255 e. The predicted molar refractivity (Wildman–Crippen MR) is 83.0 cm³/mol. The standard InChI is InChI=1S/C16H15ClFN3O2/c17-14-9-11(18)1-2-13(14)16(22)21-7-4-12(5-8-21)23-15-3-6-19-10-20-15/h1-3,6,9-10,12H,4-5,7-8H2. The van der Waals surface area contributed by atoms with Gasteiger partial charge in [0.15, 0.2) is 0 Å². The minimum Gasteiger partial charge on any atom is -0.474 e.